The van der Waals surface area contributed by atoms with Gasteiger partial charge in [0.2, 0.25) is 0 Å². The number of ether oxygens (including phenoxy) is 1. The van der Waals surface area contributed by atoms with Gasteiger partial charge >= 0.3 is 0 Å². The van der Waals surface area contributed by atoms with Gasteiger partial charge in [-0.05, 0) is 18.9 Å². The lowest BCUT2D eigenvalue weighted by Crippen LogP contribution is -2.28. The fourth-order valence-corrected chi connectivity index (χ4v) is 1.74. The Kier molecular flexibility index (Phi) is 5.20. The van der Waals surface area contributed by atoms with Crippen molar-refractivity contribution in [2.75, 3.05) is 0 Å². The predicted octanol–water partition coefficient (Wildman–Crippen LogP) is 3.32. The standard InChI is InChI=1S/C12H21NO/c1-3-6-11(7-4-2)13-12-8-5-9-14-10-12/h5,9-11,13H,3-4,6-8H2,1-2H3. The molecule has 0 atom stereocenters. The molecule has 1 heterocycles. The molecule has 0 aromatic carbocycles. The molecule has 2 heteroatoms. The summed E-state index contributed by atoms with van der Waals surface area (Å²) < 4.78 is 5.13. The van der Waals surface area contributed by atoms with Crippen molar-refractivity contribution in [3.8, 4) is 0 Å². The third-order valence-corrected chi connectivity index (χ3v) is 2.39. The van der Waals surface area contributed by atoms with Crippen LogP contribution in [-0.2, 0) is 4.74 Å². The van der Waals surface area contributed by atoms with Gasteiger partial charge in [0.15, 0.2) is 0 Å². The molecule has 0 saturated carbocycles. The lowest BCUT2D eigenvalue weighted by atomic mass is 10.1. The summed E-state index contributed by atoms with van der Waals surface area (Å²) in [7, 11) is 0. The van der Waals surface area contributed by atoms with E-state index in [0.717, 1.165) is 6.42 Å². The molecule has 1 N–H and O–H groups in total. The largest absolute Gasteiger partial charge is 0.471 e. The minimum Gasteiger partial charge on any atom is -0.471 e. The first kappa shape index (κ1) is 11.2. The van der Waals surface area contributed by atoms with E-state index in [1.165, 1.54) is 31.4 Å². The van der Waals surface area contributed by atoms with Gasteiger partial charge in [0.1, 0.15) is 6.26 Å². The van der Waals surface area contributed by atoms with E-state index in [1.807, 2.05) is 12.3 Å². The molecule has 0 aromatic rings. The van der Waals surface area contributed by atoms with Gasteiger partial charge < -0.3 is 10.1 Å². The number of hydrogen-bond donors (Lipinski definition) is 1. The van der Waals surface area contributed by atoms with E-state index in [1.54, 1.807) is 6.26 Å². The summed E-state index contributed by atoms with van der Waals surface area (Å²) in [6, 6.07) is 0.617. The summed E-state index contributed by atoms with van der Waals surface area (Å²) in [6.07, 6.45) is 11.5. The summed E-state index contributed by atoms with van der Waals surface area (Å²) in [5, 5.41) is 3.54. The second-order valence-corrected chi connectivity index (χ2v) is 3.77. The summed E-state index contributed by atoms with van der Waals surface area (Å²) in [5.41, 5.74) is 1.21. The Bertz CT molecular complexity index is 202. The molecule has 1 aliphatic heterocycles. The SMILES string of the molecule is CCCC(CCC)NC1=COC=CC1. The molecular formula is C12H21NO. The fourth-order valence-electron chi connectivity index (χ4n) is 1.74. The Morgan fingerprint density at radius 3 is 2.57 bits per heavy atom. The van der Waals surface area contributed by atoms with Gasteiger partial charge in [0.25, 0.3) is 0 Å². The van der Waals surface area contributed by atoms with Gasteiger partial charge in [0, 0.05) is 12.5 Å². The minimum atomic E-state index is 0.617. The normalized spacial score (nSPS) is 15.2. The van der Waals surface area contributed by atoms with Crippen molar-refractivity contribution in [3.63, 3.8) is 0 Å². The first-order valence-electron chi connectivity index (χ1n) is 5.62. The van der Waals surface area contributed by atoms with E-state index in [-0.39, 0.29) is 0 Å². The van der Waals surface area contributed by atoms with Gasteiger partial charge in [-0.15, -0.1) is 0 Å². The van der Waals surface area contributed by atoms with Crippen molar-refractivity contribution in [2.24, 2.45) is 0 Å². The highest BCUT2D eigenvalue weighted by atomic mass is 16.5. The predicted molar refractivity (Wildman–Crippen MR) is 59.7 cm³/mol. The average molecular weight is 195 g/mol. The maximum Gasteiger partial charge on any atom is 0.109 e. The third kappa shape index (κ3) is 3.86. The number of rotatable bonds is 6. The van der Waals surface area contributed by atoms with Crippen LogP contribution in [0.5, 0.6) is 0 Å². The van der Waals surface area contributed by atoms with Crippen LogP contribution in [0.3, 0.4) is 0 Å². The topological polar surface area (TPSA) is 21.3 Å². The Labute approximate surface area is 87.0 Å². The molecule has 0 fully saturated rings. The summed E-state index contributed by atoms with van der Waals surface area (Å²) >= 11 is 0. The van der Waals surface area contributed by atoms with Crippen LogP contribution in [0.4, 0.5) is 0 Å². The summed E-state index contributed by atoms with van der Waals surface area (Å²) in [5.74, 6) is 0. The van der Waals surface area contributed by atoms with E-state index in [9.17, 15) is 0 Å². The zero-order valence-corrected chi connectivity index (χ0v) is 9.25. The van der Waals surface area contributed by atoms with Crippen molar-refractivity contribution in [2.45, 2.75) is 52.0 Å². The van der Waals surface area contributed by atoms with Gasteiger partial charge in [-0.1, -0.05) is 26.7 Å². The van der Waals surface area contributed by atoms with E-state index in [0.29, 0.717) is 6.04 Å². The molecule has 0 amide bonds. The van der Waals surface area contributed by atoms with Crippen molar-refractivity contribution < 1.29 is 4.74 Å². The third-order valence-electron chi connectivity index (χ3n) is 2.39. The summed E-state index contributed by atoms with van der Waals surface area (Å²) in [4.78, 5) is 0. The zero-order chi connectivity index (χ0) is 10.2. The van der Waals surface area contributed by atoms with E-state index < -0.39 is 0 Å². The lowest BCUT2D eigenvalue weighted by Gasteiger charge is -2.21. The molecule has 1 rings (SSSR count). The molecule has 0 spiro atoms. The Hall–Kier alpha value is -0.920. The smallest absolute Gasteiger partial charge is 0.109 e. The number of hydrogen-bond acceptors (Lipinski definition) is 2. The summed E-state index contributed by atoms with van der Waals surface area (Å²) in [6.45, 7) is 4.46. The van der Waals surface area contributed by atoms with Crippen LogP contribution in [0.15, 0.2) is 24.3 Å². The van der Waals surface area contributed by atoms with Crippen LogP contribution in [0, 0.1) is 0 Å². The van der Waals surface area contributed by atoms with Crippen molar-refractivity contribution in [1.82, 2.24) is 5.32 Å². The van der Waals surface area contributed by atoms with Gasteiger partial charge in [-0.25, -0.2) is 0 Å². The maximum absolute atomic E-state index is 5.13. The van der Waals surface area contributed by atoms with Crippen LogP contribution in [0.1, 0.15) is 46.0 Å². The minimum absolute atomic E-state index is 0.617. The fraction of sp³-hybridized carbons (Fsp3) is 0.667. The average Bonchev–Trinajstić information content (AvgIpc) is 2.20. The number of nitrogens with one attached hydrogen (secondary N) is 1. The Balaban J connectivity index is 2.33. The second-order valence-electron chi connectivity index (χ2n) is 3.77. The van der Waals surface area contributed by atoms with Gasteiger partial charge in [-0.2, -0.15) is 0 Å². The van der Waals surface area contributed by atoms with Gasteiger partial charge in [-0.3, -0.25) is 0 Å². The maximum atomic E-state index is 5.13. The molecule has 14 heavy (non-hydrogen) atoms. The molecule has 80 valence electrons. The first-order valence-corrected chi connectivity index (χ1v) is 5.62. The monoisotopic (exact) mass is 195 g/mol. The molecule has 0 bridgehead atoms. The van der Waals surface area contributed by atoms with Crippen LogP contribution < -0.4 is 5.32 Å². The van der Waals surface area contributed by atoms with Crippen LogP contribution in [0.2, 0.25) is 0 Å². The molecule has 1 aliphatic rings. The second kappa shape index (κ2) is 6.52. The molecule has 0 aliphatic carbocycles. The molecule has 0 saturated heterocycles. The molecule has 0 unspecified atom stereocenters. The van der Waals surface area contributed by atoms with Crippen molar-refractivity contribution >= 4 is 0 Å². The van der Waals surface area contributed by atoms with Crippen molar-refractivity contribution in [1.29, 1.82) is 0 Å². The molecular weight excluding hydrogens is 174 g/mol. The van der Waals surface area contributed by atoms with E-state index >= 15 is 0 Å². The highest BCUT2D eigenvalue weighted by Crippen LogP contribution is 2.11. The molecule has 0 radical (unpaired) electrons. The van der Waals surface area contributed by atoms with E-state index in [4.69, 9.17) is 4.74 Å². The van der Waals surface area contributed by atoms with Crippen LogP contribution >= 0.6 is 0 Å². The van der Waals surface area contributed by atoms with Gasteiger partial charge in [0.05, 0.1) is 12.0 Å². The van der Waals surface area contributed by atoms with Crippen LogP contribution in [-0.4, -0.2) is 6.04 Å². The zero-order valence-electron chi connectivity index (χ0n) is 9.25. The first-order chi connectivity index (χ1) is 6.86. The van der Waals surface area contributed by atoms with Crippen molar-refractivity contribution in [3.05, 3.63) is 24.3 Å². The van der Waals surface area contributed by atoms with E-state index in [2.05, 4.69) is 19.2 Å². The quantitative estimate of drug-likeness (QED) is 0.702. The Morgan fingerprint density at radius 2 is 2.07 bits per heavy atom. The highest BCUT2D eigenvalue weighted by molar-refractivity contribution is 5.07. The lowest BCUT2D eigenvalue weighted by molar-refractivity contribution is 0.372. The highest BCUT2D eigenvalue weighted by Gasteiger charge is 2.08. The number of allylic oxidation sites excluding steroid dienone is 1. The Morgan fingerprint density at radius 1 is 1.36 bits per heavy atom. The molecule has 0 aromatic heterocycles. The molecule has 2 nitrogen and oxygen atoms in total. The van der Waals surface area contributed by atoms with Crippen LogP contribution in [0.25, 0.3) is 0 Å².